The second-order valence-corrected chi connectivity index (χ2v) is 5.88. The van der Waals surface area contributed by atoms with Gasteiger partial charge in [0.2, 0.25) is 0 Å². The molecule has 3 unspecified atom stereocenters. The van der Waals surface area contributed by atoms with E-state index in [9.17, 15) is 9.90 Å². The second-order valence-electron chi connectivity index (χ2n) is 5.88. The molecule has 0 radical (unpaired) electrons. The Morgan fingerprint density at radius 3 is 2.70 bits per heavy atom. The van der Waals surface area contributed by atoms with Gasteiger partial charge in [0.25, 0.3) is 5.91 Å². The molecule has 1 aliphatic heterocycles. The van der Waals surface area contributed by atoms with Crippen molar-refractivity contribution in [3.8, 4) is 0 Å². The third-order valence-corrected chi connectivity index (χ3v) is 4.36. The van der Waals surface area contributed by atoms with Gasteiger partial charge in [-0.3, -0.25) is 4.79 Å². The number of rotatable bonds is 2. The molecule has 4 atom stereocenters. The van der Waals surface area contributed by atoms with E-state index in [0.717, 1.165) is 19.3 Å². The van der Waals surface area contributed by atoms with E-state index < -0.39 is 0 Å². The average Bonchev–Trinajstić information content (AvgIpc) is 3.05. The average molecular weight is 275 g/mol. The van der Waals surface area contributed by atoms with Gasteiger partial charge in [-0.25, -0.2) is 0 Å². The zero-order valence-electron chi connectivity index (χ0n) is 11.7. The van der Waals surface area contributed by atoms with Gasteiger partial charge in [0.05, 0.1) is 18.8 Å². The fraction of sp³-hybridized carbons (Fsp3) is 0.562. The van der Waals surface area contributed by atoms with Gasteiger partial charge < -0.3 is 14.7 Å². The van der Waals surface area contributed by atoms with Crippen LogP contribution in [0.1, 0.15) is 36.5 Å². The van der Waals surface area contributed by atoms with Crippen LogP contribution in [0.4, 0.5) is 0 Å². The topological polar surface area (TPSA) is 49.8 Å². The molecular formula is C16H21NO3. The summed E-state index contributed by atoms with van der Waals surface area (Å²) in [5.41, 5.74) is 0.702. The molecule has 3 rings (SSSR count). The first-order chi connectivity index (χ1) is 9.66. The number of aliphatic hydroxyl groups excluding tert-OH is 1. The number of ether oxygens (including phenoxy) is 1. The molecule has 1 aromatic rings. The van der Waals surface area contributed by atoms with E-state index in [-0.39, 0.29) is 30.2 Å². The van der Waals surface area contributed by atoms with Gasteiger partial charge in [-0.15, -0.1) is 0 Å². The Hall–Kier alpha value is -1.39. The van der Waals surface area contributed by atoms with Crippen LogP contribution < -0.4 is 0 Å². The summed E-state index contributed by atoms with van der Waals surface area (Å²) in [6, 6.07) is 9.44. The van der Waals surface area contributed by atoms with Crippen LogP contribution in [0.3, 0.4) is 0 Å². The van der Waals surface area contributed by atoms with Gasteiger partial charge in [0, 0.05) is 11.5 Å². The first-order valence-corrected chi connectivity index (χ1v) is 7.34. The Kier molecular flexibility index (Phi) is 3.76. The number of carbonyl (C=O) groups excluding carboxylic acids is 1. The van der Waals surface area contributed by atoms with E-state index in [1.54, 1.807) is 0 Å². The molecule has 1 saturated heterocycles. The lowest BCUT2D eigenvalue weighted by molar-refractivity contribution is -0.0105. The molecular weight excluding hydrogens is 254 g/mol. The van der Waals surface area contributed by atoms with E-state index in [4.69, 9.17) is 4.74 Å². The van der Waals surface area contributed by atoms with Crippen molar-refractivity contribution in [3.05, 3.63) is 35.9 Å². The third-order valence-electron chi connectivity index (χ3n) is 4.36. The number of hydrogen-bond donors (Lipinski definition) is 1. The van der Waals surface area contributed by atoms with Gasteiger partial charge in [-0.1, -0.05) is 18.2 Å². The minimum atomic E-state index is -0.242. The Morgan fingerprint density at radius 1 is 1.30 bits per heavy atom. The van der Waals surface area contributed by atoms with Gasteiger partial charge in [-0.05, 0) is 38.3 Å². The van der Waals surface area contributed by atoms with Crippen molar-refractivity contribution < 1.29 is 14.6 Å². The summed E-state index contributed by atoms with van der Waals surface area (Å²) in [7, 11) is 0. The molecule has 1 aromatic carbocycles. The Bertz CT molecular complexity index is 476. The molecule has 0 aromatic heterocycles. The van der Waals surface area contributed by atoms with Gasteiger partial charge >= 0.3 is 0 Å². The van der Waals surface area contributed by atoms with Crippen molar-refractivity contribution in [2.45, 2.75) is 44.6 Å². The minimum Gasteiger partial charge on any atom is -0.393 e. The zero-order valence-corrected chi connectivity index (χ0v) is 11.7. The summed E-state index contributed by atoms with van der Waals surface area (Å²) >= 11 is 0. The molecule has 2 fully saturated rings. The highest BCUT2D eigenvalue weighted by Gasteiger charge is 2.42. The summed E-state index contributed by atoms with van der Waals surface area (Å²) in [6.45, 7) is 2.60. The minimum absolute atomic E-state index is 0.0296. The molecule has 0 spiro atoms. The predicted octanol–water partition coefficient (Wildman–Crippen LogP) is 2.03. The van der Waals surface area contributed by atoms with Crippen LogP contribution in [0.25, 0.3) is 0 Å². The van der Waals surface area contributed by atoms with E-state index in [0.29, 0.717) is 12.2 Å². The molecule has 1 saturated carbocycles. The summed E-state index contributed by atoms with van der Waals surface area (Å²) in [5.74, 6) is 0.282. The van der Waals surface area contributed by atoms with Gasteiger partial charge in [-0.2, -0.15) is 0 Å². The largest absolute Gasteiger partial charge is 0.393 e. The number of amides is 1. The maximum Gasteiger partial charge on any atom is 0.256 e. The molecule has 108 valence electrons. The predicted molar refractivity (Wildman–Crippen MR) is 75.2 cm³/mol. The number of nitrogens with zero attached hydrogens (tertiary/aromatic N) is 1. The fourth-order valence-corrected chi connectivity index (χ4v) is 3.31. The summed E-state index contributed by atoms with van der Waals surface area (Å²) in [4.78, 5) is 14.5. The number of carbonyl (C=O) groups is 1. The second kappa shape index (κ2) is 5.54. The van der Waals surface area contributed by atoms with E-state index in [2.05, 4.69) is 0 Å². The highest BCUT2D eigenvalue weighted by atomic mass is 16.5. The molecule has 4 nitrogen and oxygen atoms in total. The molecule has 2 aliphatic rings. The molecule has 0 bridgehead atoms. The molecule has 1 N–H and O–H groups in total. The van der Waals surface area contributed by atoms with Crippen LogP contribution in [0.2, 0.25) is 0 Å². The van der Waals surface area contributed by atoms with Gasteiger partial charge in [0.1, 0.15) is 6.23 Å². The lowest BCUT2D eigenvalue weighted by atomic mass is 10.0. The summed E-state index contributed by atoms with van der Waals surface area (Å²) < 4.78 is 5.85. The molecule has 1 aliphatic carbocycles. The van der Waals surface area contributed by atoms with Crippen molar-refractivity contribution in [1.29, 1.82) is 0 Å². The van der Waals surface area contributed by atoms with Crippen LogP contribution >= 0.6 is 0 Å². The van der Waals surface area contributed by atoms with Crippen molar-refractivity contribution >= 4 is 5.91 Å². The first-order valence-electron chi connectivity index (χ1n) is 7.34. The van der Waals surface area contributed by atoms with E-state index >= 15 is 0 Å². The van der Waals surface area contributed by atoms with Crippen LogP contribution in [-0.4, -0.2) is 40.9 Å². The van der Waals surface area contributed by atoms with E-state index in [1.807, 2.05) is 42.2 Å². The lowest BCUT2D eigenvalue weighted by Gasteiger charge is -2.30. The Labute approximate surface area is 119 Å². The fourth-order valence-electron chi connectivity index (χ4n) is 3.31. The highest BCUT2D eigenvalue weighted by Crippen LogP contribution is 2.35. The summed E-state index contributed by atoms with van der Waals surface area (Å²) in [6.07, 6.45) is 2.04. The Balaban J connectivity index is 1.80. The number of benzene rings is 1. The Morgan fingerprint density at radius 2 is 2.05 bits per heavy atom. The highest BCUT2D eigenvalue weighted by molar-refractivity contribution is 5.94. The third kappa shape index (κ3) is 2.45. The number of hydrogen-bond acceptors (Lipinski definition) is 3. The normalized spacial score (nSPS) is 33.6. The molecule has 1 amide bonds. The van der Waals surface area contributed by atoms with Crippen LogP contribution in [0, 0.1) is 5.92 Å². The number of aliphatic hydroxyl groups is 1. The molecule has 4 heteroatoms. The molecule has 1 heterocycles. The van der Waals surface area contributed by atoms with Crippen LogP contribution in [0.15, 0.2) is 30.3 Å². The SMILES string of the molecule is C[C@@H]1COC(C2CCC(O)C2)N1C(=O)c1ccccc1. The first kappa shape index (κ1) is 13.6. The molecule has 20 heavy (non-hydrogen) atoms. The standard InChI is InChI=1S/C16H21NO3/c1-11-10-20-16(13-7-8-14(18)9-13)17(11)15(19)12-5-3-2-4-6-12/h2-6,11,13-14,16,18H,7-10H2,1H3/t11-,13?,14?,16?/m1/s1. The van der Waals surface area contributed by atoms with Crippen molar-refractivity contribution in [1.82, 2.24) is 4.90 Å². The smallest absolute Gasteiger partial charge is 0.256 e. The van der Waals surface area contributed by atoms with E-state index in [1.165, 1.54) is 0 Å². The van der Waals surface area contributed by atoms with Crippen molar-refractivity contribution in [2.24, 2.45) is 5.92 Å². The maximum atomic E-state index is 12.7. The lowest BCUT2D eigenvalue weighted by Crippen LogP contribution is -2.44. The zero-order chi connectivity index (χ0) is 14.1. The van der Waals surface area contributed by atoms with Crippen molar-refractivity contribution in [2.75, 3.05) is 6.61 Å². The summed E-state index contributed by atoms with van der Waals surface area (Å²) in [5, 5.41) is 9.71. The maximum absolute atomic E-state index is 12.7. The van der Waals surface area contributed by atoms with Crippen LogP contribution in [0.5, 0.6) is 0 Å². The monoisotopic (exact) mass is 275 g/mol. The van der Waals surface area contributed by atoms with Gasteiger partial charge in [0.15, 0.2) is 0 Å². The van der Waals surface area contributed by atoms with Crippen molar-refractivity contribution in [3.63, 3.8) is 0 Å². The quantitative estimate of drug-likeness (QED) is 0.898. The van der Waals surface area contributed by atoms with Crippen LogP contribution in [-0.2, 0) is 4.74 Å².